The van der Waals surface area contributed by atoms with Crippen LogP contribution in [-0.4, -0.2) is 12.6 Å². The van der Waals surface area contributed by atoms with Crippen molar-refractivity contribution in [3.63, 3.8) is 0 Å². The van der Waals surface area contributed by atoms with Gasteiger partial charge < -0.3 is 5.32 Å². The van der Waals surface area contributed by atoms with Gasteiger partial charge in [0.25, 0.3) is 0 Å². The van der Waals surface area contributed by atoms with Gasteiger partial charge in [-0.2, -0.15) is 0 Å². The van der Waals surface area contributed by atoms with Crippen LogP contribution in [-0.2, 0) is 0 Å². The molecule has 0 bridgehead atoms. The molecular weight excluding hydrogens is 230 g/mol. The summed E-state index contributed by atoms with van der Waals surface area (Å²) in [4.78, 5) is 0. The average molecular weight is 255 g/mol. The minimum Gasteiger partial charge on any atom is -0.314 e. The van der Waals surface area contributed by atoms with Crippen molar-refractivity contribution in [2.75, 3.05) is 6.54 Å². The molecular formula is C18H25N. The molecule has 0 aliphatic heterocycles. The maximum atomic E-state index is 3.65. The predicted octanol–water partition coefficient (Wildman–Crippen LogP) is 4.72. The van der Waals surface area contributed by atoms with E-state index in [-0.39, 0.29) is 0 Å². The highest BCUT2D eigenvalue weighted by molar-refractivity contribution is 5.86. The molecule has 102 valence electrons. The minimum absolute atomic E-state index is 0.547. The van der Waals surface area contributed by atoms with Crippen LogP contribution in [0.2, 0.25) is 0 Å². The van der Waals surface area contributed by atoms with Crippen LogP contribution in [0.25, 0.3) is 10.8 Å². The van der Waals surface area contributed by atoms with Crippen molar-refractivity contribution in [1.82, 2.24) is 5.32 Å². The van der Waals surface area contributed by atoms with E-state index in [1.807, 2.05) is 0 Å². The van der Waals surface area contributed by atoms with Crippen molar-refractivity contribution in [3.8, 4) is 0 Å². The molecule has 2 aromatic rings. The van der Waals surface area contributed by atoms with Gasteiger partial charge in [-0.05, 0) is 35.2 Å². The lowest BCUT2D eigenvalue weighted by atomic mass is 9.87. The van der Waals surface area contributed by atoms with Gasteiger partial charge in [0, 0.05) is 6.04 Å². The summed E-state index contributed by atoms with van der Waals surface area (Å²) in [7, 11) is 0. The summed E-state index contributed by atoms with van der Waals surface area (Å²) in [5.74, 6) is 0.547. The van der Waals surface area contributed by atoms with Crippen LogP contribution in [0.5, 0.6) is 0 Å². The van der Waals surface area contributed by atoms with Crippen molar-refractivity contribution in [1.29, 1.82) is 0 Å². The number of benzene rings is 2. The zero-order valence-corrected chi connectivity index (χ0v) is 12.3. The first-order chi connectivity index (χ1) is 9.27. The van der Waals surface area contributed by atoms with Crippen molar-refractivity contribution in [3.05, 3.63) is 48.0 Å². The van der Waals surface area contributed by atoms with Gasteiger partial charge in [0.2, 0.25) is 0 Å². The lowest BCUT2D eigenvalue weighted by Gasteiger charge is -2.26. The smallest absolute Gasteiger partial charge is 0.0133 e. The van der Waals surface area contributed by atoms with Crippen LogP contribution < -0.4 is 5.32 Å². The molecule has 1 nitrogen and oxygen atoms in total. The first kappa shape index (κ1) is 14.1. The highest BCUT2D eigenvalue weighted by atomic mass is 14.9. The molecule has 0 amide bonds. The van der Waals surface area contributed by atoms with E-state index in [1.54, 1.807) is 0 Å². The van der Waals surface area contributed by atoms with Crippen LogP contribution in [0, 0.1) is 0 Å². The van der Waals surface area contributed by atoms with Gasteiger partial charge >= 0.3 is 0 Å². The molecule has 2 aromatic carbocycles. The summed E-state index contributed by atoms with van der Waals surface area (Å²) in [6.45, 7) is 7.85. The summed E-state index contributed by atoms with van der Waals surface area (Å²) in [5.41, 5.74) is 1.47. The average Bonchev–Trinajstić information content (AvgIpc) is 2.46. The highest BCUT2D eigenvalue weighted by Gasteiger charge is 2.18. The molecule has 19 heavy (non-hydrogen) atoms. The zero-order valence-electron chi connectivity index (χ0n) is 12.3. The van der Waals surface area contributed by atoms with Crippen molar-refractivity contribution in [2.24, 2.45) is 0 Å². The summed E-state index contributed by atoms with van der Waals surface area (Å²) < 4.78 is 0. The van der Waals surface area contributed by atoms with Crippen LogP contribution in [0.15, 0.2) is 42.5 Å². The van der Waals surface area contributed by atoms with Gasteiger partial charge in [-0.15, -0.1) is 0 Å². The number of nitrogens with one attached hydrogen (secondary N) is 1. The Balaban J connectivity index is 2.36. The van der Waals surface area contributed by atoms with Gasteiger partial charge in [0.1, 0.15) is 0 Å². The number of hydrogen-bond donors (Lipinski definition) is 1. The van der Waals surface area contributed by atoms with E-state index in [2.05, 4.69) is 68.6 Å². The van der Waals surface area contributed by atoms with E-state index in [0.29, 0.717) is 12.0 Å². The maximum absolute atomic E-state index is 3.65. The minimum atomic E-state index is 0.547. The SMILES string of the molecule is CCCC(NCC)C(C)c1cccc2ccccc12. The predicted molar refractivity (Wildman–Crippen MR) is 84.7 cm³/mol. The second-order valence-electron chi connectivity index (χ2n) is 5.31. The lowest BCUT2D eigenvalue weighted by molar-refractivity contribution is 0.431. The molecule has 0 aliphatic rings. The fraction of sp³-hybridized carbons (Fsp3) is 0.444. The van der Waals surface area contributed by atoms with Crippen LogP contribution in [0.4, 0.5) is 0 Å². The second kappa shape index (κ2) is 6.72. The molecule has 2 unspecified atom stereocenters. The third-order valence-electron chi connectivity index (χ3n) is 3.98. The van der Waals surface area contributed by atoms with Crippen molar-refractivity contribution in [2.45, 2.75) is 45.6 Å². The Bertz CT molecular complexity index is 507. The topological polar surface area (TPSA) is 12.0 Å². The number of likely N-dealkylation sites (N-methyl/N-ethyl adjacent to an activating group) is 1. The number of hydrogen-bond acceptors (Lipinski definition) is 1. The molecule has 2 atom stereocenters. The Morgan fingerprint density at radius 1 is 1.00 bits per heavy atom. The highest BCUT2D eigenvalue weighted by Crippen LogP contribution is 2.29. The normalized spacial score (nSPS) is 14.5. The molecule has 1 heteroatoms. The third kappa shape index (κ3) is 3.16. The van der Waals surface area contributed by atoms with Crippen molar-refractivity contribution >= 4 is 10.8 Å². The Kier molecular flexibility index (Phi) is 4.98. The van der Waals surface area contributed by atoms with E-state index >= 15 is 0 Å². The maximum Gasteiger partial charge on any atom is 0.0133 e. The summed E-state index contributed by atoms with van der Waals surface area (Å²) >= 11 is 0. The van der Waals surface area contributed by atoms with Crippen LogP contribution in [0.3, 0.4) is 0 Å². The fourth-order valence-corrected chi connectivity index (χ4v) is 2.97. The van der Waals surface area contributed by atoms with E-state index in [9.17, 15) is 0 Å². The second-order valence-corrected chi connectivity index (χ2v) is 5.31. The lowest BCUT2D eigenvalue weighted by Crippen LogP contribution is -2.33. The van der Waals surface area contributed by atoms with Gasteiger partial charge in [0.05, 0.1) is 0 Å². The van der Waals surface area contributed by atoms with Gasteiger partial charge in [-0.3, -0.25) is 0 Å². The van der Waals surface area contributed by atoms with Crippen LogP contribution in [0.1, 0.15) is 45.1 Å². The molecule has 2 rings (SSSR count). The quantitative estimate of drug-likeness (QED) is 0.787. The Labute approximate surface area is 117 Å². The molecule has 0 radical (unpaired) electrons. The molecule has 0 spiro atoms. The van der Waals surface area contributed by atoms with Crippen molar-refractivity contribution < 1.29 is 0 Å². The summed E-state index contributed by atoms with van der Waals surface area (Å²) in [6, 6.07) is 15.9. The molecule has 0 fully saturated rings. The largest absolute Gasteiger partial charge is 0.314 e. The number of fused-ring (bicyclic) bond motifs is 1. The molecule has 0 saturated heterocycles. The monoisotopic (exact) mass is 255 g/mol. The fourth-order valence-electron chi connectivity index (χ4n) is 2.97. The Morgan fingerprint density at radius 3 is 2.47 bits per heavy atom. The molecule has 0 aromatic heterocycles. The van der Waals surface area contributed by atoms with Gasteiger partial charge in [-0.25, -0.2) is 0 Å². The molecule has 1 N–H and O–H groups in total. The molecule has 0 saturated carbocycles. The van der Waals surface area contributed by atoms with Crippen LogP contribution >= 0.6 is 0 Å². The Morgan fingerprint density at radius 2 is 1.74 bits per heavy atom. The zero-order chi connectivity index (χ0) is 13.7. The Hall–Kier alpha value is -1.34. The third-order valence-corrected chi connectivity index (χ3v) is 3.98. The summed E-state index contributed by atoms with van der Waals surface area (Å²) in [6.07, 6.45) is 2.46. The van der Waals surface area contributed by atoms with Gasteiger partial charge in [0.15, 0.2) is 0 Å². The first-order valence-corrected chi connectivity index (χ1v) is 7.49. The molecule has 0 heterocycles. The van der Waals surface area contributed by atoms with Gasteiger partial charge in [-0.1, -0.05) is 69.7 Å². The van der Waals surface area contributed by atoms with E-state index in [4.69, 9.17) is 0 Å². The first-order valence-electron chi connectivity index (χ1n) is 7.49. The standard InChI is InChI=1S/C18H25N/c1-4-9-18(19-5-2)14(3)16-13-8-11-15-10-6-7-12-17(15)16/h6-8,10-14,18-19H,4-5,9H2,1-3H3. The molecule has 0 aliphatic carbocycles. The van der Waals surface area contributed by atoms with E-state index < -0.39 is 0 Å². The van der Waals surface area contributed by atoms with E-state index in [0.717, 1.165) is 6.54 Å². The summed E-state index contributed by atoms with van der Waals surface area (Å²) in [5, 5.41) is 6.39. The number of rotatable bonds is 6. The van der Waals surface area contributed by atoms with E-state index in [1.165, 1.54) is 29.2 Å².